The molecule has 1 aliphatic carbocycles. The monoisotopic (exact) mass is 162 g/mol. The van der Waals surface area contributed by atoms with Crippen LogP contribution >= 0.6 is 0 Å². The summed E-state index contributed by atoms with van der Waals surface area (Å²) in [5.74, 6) is 0. The van der Waals surface area contributed by atoms with Crippen LogP contribution in [0.5, 0.6) is 0 Å². The molecule has 0 fully saturated rings. The third kappa shape index (κ3) is 1.07. The lowest BCUT2D eigenvalue weighted by Gasteiger charge is -2.08. The van der Waals surface area contributed by atoms with Crippen LogP contribution in [0.2, 0.25) is 0 Å². The van der Waals surface area contributed by atoms with Crippen molar-refractivity contribution in [1.82, 2.24) is 10.3 Å². The number of nitrogens with zero attached hydrogens (tertiary/aromatic N) is 1. The summed E-state index contributed by atoms with van der Waals surface area (Å²) >= 11 is 0. The number of aromatic nitrogens is 1. The van der Waals surface area contributed by atoms with Crippen LogP contribution in [0.25, 0.3) is 0 Å². The molecule has 0 saturated carbocycles. The van der Waals surface area contributed by atoms with Crippen molar-refractivity contribution in [1.29, 1.82) is 0 Å². The van der Waals surface area contributed by atoms with E-state index in [9.17, 15) is 4.79 Å². The van der Waals surface area contributed by atoms with Crippen molar-refractivity contribution in [3.63, 3.8) is 0 Å². The Morgan fingerprint density at radius 1 is 1.67 bits per heavy atom. The highest BCUT2D eigenvalue weighted by Gasteiger charge is 2.20. The number of carbonyl (C=O) groups excluding carboxylic acids is 1. The number of amides is 1. The average Bonchev–Trinajstić information content (AvgIpc) is 2.50. The highest BCUT2D eigenvalue weighted by molar-refractivity contribution is 5.49. The molecule has 1 heterocycles. The Morgan fingerprint density at radius 2 is 2.58 bits per heavy atom. The second-order valence-electron chi connectivity index (χ2n) is 2.95. The van der Waals surface area contributed by atoms with Gasteiger partial charge in [-0.25, -0.2) is 0 Å². The summed E-state index contributed by atoms with van der Waals surface area (Å²) in [4.78, 5) is 14.3. The van der Waals surface area contributed by atoms with Crippen molar-refractivity contribution in [2.45, 2.75) is 18.9 Å². The molecule has 1 aromatic heterocycles. The Labute approximate surface area is 70.8 Å². The molecule has 0 bridgehead atoms. The van der Waals surface area contributed by atoms with E-state index in [0.29, 0.717) is 0 Å². The Kier molecular flexibility index (Phi) is 1.78. The second-order valence-corrected chi connectivity index (χ2v) is 2.95. The molecule has 0 spiro atoms. The summed E-state index contributed by atoms with van der Waals surface area (Å²) in [6.07, 6.45) is 6.43. The first kappa shape index (κ1) is 7.28. The van der Waals surface area contributed by atoms with Crippen LogP contribution in [0.3, 0.4) is 0 Å². The molecule has 0 radical (unpaired) electrons. The van der Waals surface area contributed by atoms with Gasteiger partial charge in [-0.2, -0.15) is 0 Å². The Hall–Kier alpha value is -1.38. The molecule has 0 aromatic carbocycles. The largest absolute Gasteiger partial charge is 0.352 e. The molecule has 1 aromatic rings. The zero-order chi connectivity index (χ0) is 8.39. The zero-order valence-electron chi connectivity index (χ0n) is 6.66. The van der Waals surface area contributed by atoms with Gasteiger partial charge in [-0.05, 0) is 30.0 Å². The van der Waals surface area contributed by atoms with E-state index in [1.54, 1.807) is 6.20 Å². The van der Waals surface area contributed by atoms with E-state index >= 15 is 0 Å². The third-order valence-corrected chi connectivity index (χ3v) is 2.29. The summed E-state index contributed by atoms with van der Waals surface area (Å²) in [6, 6.07) is 2.18. The number of rotatable bonds is 2. The van der Waals surface area contributed by atoms with Gasteiger partial charge in [-0.1, -0.05) is 0 Å². The molecule has 12 heavy (non-hydrogen) atoms. The van der Waals surface area contributed by atoms with Gasteiger partial charge in [0.05, 0.1) is 6.04 Å². The first-order chi connectivity index (χ1) is 5.92. The number of nitrogens with one attached hydrogen (secondary N) is 1. The second kappa shape index (κ2) is 2.93. The fourth-order valence-electron chi connectivity index (χ4n) is 1.70. The number of hydrogen-bond donors (Lipinski definition) is 1. The number of hydrogen-bond acceptors (Lipinski definition) is 2. The molecule has 1 amide bonds. The predicted octanol–water partition coefficient (Wildman–Crippen LogP) is 0.815. The van der Waals surface area contributed by atoms with E-state index in [1.807, 2.05) is 12.3 Å². The number of fused-ring (bicyclic) bond motifs is 1. The fraction of sp³-hybridized carbons (Fsp3) is 0.333. The minimum atomic E-state index is 0.209. The predicted molar refractivity (Wildman–Crippen MR) is 44.5 cm³/mol. The summed E-state index contributed by atoms with van der Waals surface area (Å²) in [6.45, 7) is 0. The number of pyridine rings is 1. The quantitative estimate of drug-likeness (QED) is 0.654. The molecular formula is C9H10N2O. The van der Waals surface area contributed by atoms with Gasteiger partial charge in [-0.3, -0.25) is 9.78 Å². The number of aryl methyl sites for hydroxylation is 1. The first-order valence-corrected chi connectivity index (χ1v) is 4.04. The van der Waals surface area contributed by atoms with E-state index in [2.05, 4.69) is 10.3 Å². The summed E-state index contributed by atoms with van der Waals surface area (Å²) in [5, 5.41) is 2.79. The Bertz CT molecular complexity index is 298. The molecule has 3 heteroatoms. The summed E-state index contributed by atoms with van der Waals surface area (Å²) < 4.78 is 0. The van der Waals surface area contributed by atoms with Gasteiger partial charge in [0.25, 0.3) is 0 Å². The Morgan fingerprint density at radius 3 is 3.42 bits per heavy atom. The maximum absolute atomic E-state index is 10.2. The molecule has 0 saturated heterocycles. The van der Waals surface area contributed by atoms with Crippen LogP contribution in [-0.4, -0.2) is 11.4 Å². The van der Waals surface area contributed by atoms with Crippen molar-refractivity contribution < 1.29 is 4.79 Å². The van der Waals surface area contributed by atoms with Crippen molar-refractivity contribution in [3.8, 4) is 0 Å². The maximum atomic E-state index is 10.2. The lowest BCUT2D eigenvalue weighted by molar-refractivity contribution is -0.110. The normalized spacial score (nSPS) is 20.2. The van der Waals surface area contributed by atoms with Gasteiger partial charge in [-0.15, -0.1) is 0 Å². The minimum Gasteiger partial charge on any atom is -0.352 e. The molecule has 0 aliphatic heterocycles. The standard InChI is InChI=1S/C9H10N2O/c12-6-11-9-2-1-7-5-10-4-3-8(7)9/h3-6,9H,1-2H2,(H,11,12). The van der Waals surface area contributed by atoms with E-state index in [4.69, 9.17) is 0 Å². The van der Waals surface area contributed by atoms with E-state index in [0.717, 1.165) is 19.3 Å². The van der Waals surface area contributed by atoms with Crippen LogP contribution in [0.1, 0.15) is 23.6 Å². The molecular weight excluding hydrogens is 152 g/mol. The van der Waals surface area contributed by atoms with Gasteiger partial charge in [0, 0.05) is 12.4 Å². The molecule has 3 nitrogen and oxygen atoms in total. The van der Waals surface area contributed by atoms with Crippen LogP contribution < -0.4 is 5.32 Å². The maximum Gasteiger partial charge on any atom is 0.207 e. The molecule has 62 valence electrons. The number of carbonyl (C=O) groups is 1. The van der Waals surface area contributed by atoms with Crippen LogP contribution in [0.15, 0.2) is 18.5 Å². The topological polar surface area (TPSA) is 42.0 Å². The molecule has 1 N–H and O–H groups in total. The smallest absolute Gasteiger partial charge is 0.207 e. The highest BCUT2D eigenvalue weighted by atomic mass is 16.1. The Balaban J connectivity index is 2.29. The van der Waals surface area contributed by atoms with Gasteiger partial charge < -0.3 is 5.32 Å². The highest BCUT2D eigenvalue weighted by Crippen LogP contribution is 2.29. The van der Waals surface area contributed by atoms with Crippen molar-refractivity contribution in [3.05, 3.63) is 29.6 Å². The SMILES string of the molecule is O=CNC1CCc2cnccc21. The lowest BCUT2D eigenvalue weighted by Crippen LogP contribution is -2.16. The van der Waals surface area contributed by atoms with Gasteiger partial charge in [0.1, 0.15) is 0 Å². The van der Waals surface area contributed by atoms with E-state index in [-0.39, 0.29) is 6.04 Å². The van der Waals surface area contributed by atoms with Crippen molar-refractivity contribution in [2.75, 3.05) is 0 Å². The summed E-state index contributed by atoms with van der Waals surface area (Å²) in [7, 11) is 0. The van der Waals surface area contributed by atoms with E-state index < -0.39 is 0 Å². The molecule has 1 atom stereocenters. The molecule has 1 aliphatic rings. The van der Waals surface area contributed by atoms with Gasteiger partial charge in [0.15, 0.2) is 0 Å². The third-order valence-electron chi connectivity index (χ3n) is 2.29. The van der Waals surface area contributed by atoms with Crippen molar-refractivity contribution in [2.24, 2.45) is 0 Å². The van der Waals surface area contributed by atoms with Crippen LogP contribution in [0.4, 0.5) is 0 Å². The lowest BCUT2D eigenvalue weighted by atomic mass is 10.1. The van der Waals surface area contributed by atoms with Crippen LogP contribution in [-0.2, 0) is 11.2 Å². The van der Waals surface area contributed by atoms with Gasteiger partial charge in [0.2, 0.25) is 6.41 Å². The molecule has 1 unspecified atom stereocenters. The fourth-order valence-corrected chi connectivity index (χ4v) is 1.70. The summed E-state index contributed by atoms with van der Waals surface area (Å²) in [5.41, 5.74) is 2.48. The zero-order valence-corrected chi connectivity index (χ0v) is 6.66. The van der Waals surface area contributed by atoms with Gasteiger partial charge >= 0.3 is 0 Å². The average molecular weight is 162 g/mol. The first-order valence-electron chi connectivity index (χ1n) is 4.04. The molecule has 2 rings (SSSR count). The van der Waals surface area contributed by atoms with Crippen LogP contribution in [0, 0.1) is 0 Å². The minimum absolute atomic E-state index is 0.209. The van der Waals surface area contributed by atoms with E-state index in [1.165, 1.54) is 11.1 Å². The van der Waals surface area contributed by atoms with Crippen molar-refractivity contribution >= 4 is 6.41 Å².